The molecule has 1 aliphatic rings. The fraction of sp³-hybridized carbons (Fsp3) is 0.571. The predicted octanol–water partition coefficient (Wildman–Crippen LogP) is 2.85. The predicted molar refractivity (Wildman–Crippen MR) is 82.2 cm³/mol. The molecule has 0 atom stereocenters. The topological polar surface area (TPSA) is 55.4 Å². The molecule has 4 nitrogen and oxygen atoms in total. The molecule has 1 N–H and O–H groups in total. The Hall–Kier alpha value is -0.430. The van der Waals surface area contributed by atoms with Gasteiger partial charge in [0.2, 0.25) is 10.0 Å². The van der Waals surface area contributed by atoms with Gasteiger partial charge in [-0.05, 0) is 58.8 Å². The second-order valence-corrected chi connectivity index (χ2v) is 8.27. The number of ether oxygens (including phenoxy) is 1. The first-order valence-corrected chi connectivity index (χ1v) is 8.94. The number of benzene rings is 1. The van der Waals surface area contributed by atoms with Crippen molar-refractivity contribution in [3.05, 3.63) is 28.2 Å². The third-order valence-electron chi connectivity index (χ3n) is 3.77. The van der Waals surface area contributed by atoms with Crippen molar-refractivity contribution in [1.29, 1.82) is 0 Å². The maximum Gasteiger partial charge on any atom is 0.241 e. The Labute approximate surface area is 129 Å². The van der Waals surface area contributed by atoms with E-state index < -0.39 is 10.0 Å². The Morgan fingerprint density at radius 3 is 2.60 bits per heavy atom. The second-order valence-electron chi connectivity index (χ2n) is 5.68. The van der Waals surface area contributed by atoms with Crippen LogP contribution in [0.1, 0.15) is 25.3 Å². The summed E-state index contributed by atoms with van der Waals surface area (Å²) in [6, 6.07) is 5.24. The zero-order chi connectivity index (χ0) is 14.8. The molecule has 0 saturated carbocycles. The summed E-state index contributed by atoms with van der Waals surface area (Å²) in [5, 5.41) is 0. The van der Waals surface area contributed by atoms with Crippen LogP contribution in [0.2, 0.25) is 0 Å². The highest BCUT2D eigenvalue weighted by molar-refractivity contribution is 9.10. The minimum atomic E-state index is -3.48. The Bertz CT molecular complexity index is 580. The second kappa shape index (κ2) is 6.13. The van der Waals surface area contributed by atoms with Gasteiger partial charge in [-0.15, -0.1) is 0 Å². The molecular formula is C14H20BrNO3S. The standard InChI is InChI=1S/C14H20BrNO3S/c1-11-3-4-13(12(15)9-11)20(17,18)16-10-14(2)5-7-19-8-6-14/h3-4,9,16H,5-8,10H2,1-2H3. The van der Waals surface area contributed by atoms with Crippen LogP contribution < -0.4 is 4.72 Å². The summed E-state index contributed by atoms with van der Waals surface area (Å²) in [7, 11) is -3.48. The number of sulfonamides is 1. The van der Waals surface area contributed by atoms with Gasteiger partial charge in [-0.1, -0.05) is 13.0 Å². The molecule has 0 unspecified atom stereocenters. The quantitative estimate of drug-likeness (QED) is 0.896. The van der Waals surface area contributed by atoms with Gasteiger partial charge in [0.1, 0.15) is 0 Å². The average molecular weight is 362 g/mol. The summed E-state index contributed by atoms with van der Waals surface area (Å²) in [6.45, 7) is 5.87. The van der Waals surface area contributed by atoms with E-state index in [1.165, 1.54) is 0 Å². The Balaban J connectivity index is 2.11. The van der Waals surface area contributed by atoms with Crippen molar-refractivity contribution in [2.45, 2.75) is 31.6 Å². The Morgan fingerprint density at radius 2 is 2.00 bits per heavy atom. The van der Waals surface area contributed by atoms with E-state index in [0.29, 0.717) is 29.1 Å². The van der Waals surface area contributed by atoms with E-state index in [4.69, 9.17) is 4.74 Å². The molecule has 2 rings (SSSR count). The van der Waals surface area contributed by atoms with Gasteiger partial charge in [0.25, 0.3) is 0 Å². The molecule has 1 saturated heterocycles. The largest absolute Gasteiger partial charge is 0.381 e. The molecule has 1 fully saturated rings. The average Bonchev–Trinajstić information content (AvgIpc) is 2.37. The first kappa shape index (κ1) is 15.9. The first-order chi connectivity index (χ1) is 9.32. The van der Waals surface area contributed by atoms with Gasteiger partial charge in [-0.2, -0.15) is 0 Å². The van der Waals surface area contributed by atoms with E-state index in [2.05, 4.69) is 27.6 Å². The summed E-state index contributed by atoms with van der Waals surface area (Å²) in [4.78, 5) is 0.291. The molecular weight excluding hydrogens is 342 g/mol. The lowest BCUT2D eigenvalue weighted by molar-refractivity contribution is 0.0264. The minimum Gasteiger partial charge on any atom is -0.381 e. The molecule has 0 radical (unpaired) electrons. The molecule has 0 aliphatic carbocycles. The van der Waals surface area contributed by atoms with Crippen LogP contribution in [0.25, 0.3) is 0 Å². The van der Waals surface area contributed by atoms with Crippen molar-refractivity contribution in [3.8, 4) is 0 Å². The highest BCUT2D eigenvalue weighted by Gasteiger charge is 2.29. The molecule has 1 aromatic rings. The zero-order valence-corrected chi connectivity index (χ0v) is 14.2. The van der Waals surface area contributed by atoms with Gasteiger partial charge < -0.3 is 4.74 Å². The lowest BCUT2D eigenvalue weighted by Gasteiger charge is -2.33. The molecule has 1 aromatic carbocycles. The molecule has 20 heavy (non-hydrogen) atoms. The van der Waals surface area contributed by atoms with Gasteiger partial charge >= 0.3 is 0 Å². The fourth-order valence-corrected chi connectivity index (χ4v) is 4.60. The molecule has 0 bridgehead atoms. The van der Waals surface area contributed by atoms with Crippen LogP contribution in [-0.4, -0.2) is 28.2 Å². The van der Waals surface area contributed by atoms with Crippen molar-refractivity contribution >= 4 is 26.0 Å². The monoisotopic (exact) mass is 361 g/mol. The van der Waals surface area contributed by atoms with Crippen molar-refractivity contribution in [1.82, 2.24) is 4.72 Å². The molecule has 6 heteroatoms. The van der Waals surface area contributed by atoms with Crippen molar-refractivity contribution in [2.75, 3.05) is 19.8 Å². The maximum absolute atomic E-state index is 12.4. The SMILES string of the molecule is Cc1ccc(S(=O)(=O)NCC2(C)CCOCC2)c(Br)c1. The number of halogens is 1. The van der Waals surface area contributed by atoms with Crippen LogP contribution in [-0.2, 0) is 14.8 Å². The summed E-state index contributed by atoms with van der Waals surface area (Å²) < 4.78 is 33.4. The van der Waals surface area contributed by atoms with Gasteiger partial charge in [-0.3, -0.25) is 0 Å². The van der Waals surface area contributed by atoms with Crippen LogP contribution in [0.5, 0.6) is 0 Å². The molecule has 0 amide bonds. The molecule has 0 aromatic heterocycles. The van der Waals surface area contributed by atoms with Crippen molar-refractivity contribution < 1.29 is 13.2 Å². The van der Waals surface area contributed by atoms with E-state index in [1.807, 2.05) is 13.0 Å². The maximum atomic E-state index is 12.4. The third kappa shape index (κ3) is 3.81. The van der Waals surface area contributed by atoms with E-state index in [0.717, 1.165) is 18.4 Å². The Kier molecular flexibility index (Phi) is 4.89. The third-order valence-corrected chi connectivity index (χ3v) is 6.14. The summed E-state index contributed by atoms with van der Waals surface area (Å²) in [5.41, 5.74) is 0.995. The highest BCUT2D eigenvalue weighted by Crippen LogP contribution is 2.30. The van der Waals surface area contributed by atoms with Crippen LogP contribution in [0, 0.1) is 12.3 Å². The smallest absolute Gasteiger partial charge is 0.241 e. The van der Waals surface area contributed by atoms with Crippen LogP contribution >= 0.6 is 15.9 Å². The summed E-state index contributed by atoms with van der Waals surface area (Å²) in [5.74, 6) is 0. The zero-order valence-electron chi connectivity index (χ0n) is 11.8. The fourth-order valence-electron chi connectivity index (χ4n) is 2.21. The number of nitrogens with one attached hydrogen (secondary N) is 1. The number of rotatable bonds is 4. The Morgan fingerprint density at radius 1 is 1.35 bits per heavy atom. The molecule has 1 heterocycles. The normalized spacial score (nSPS) is 18.9. The molecule has 1 aliphatic heterocycles. The number of hydrogen-bond donors (Lipinski definition) is 1. The van der Waals surface area contributed by atoms with E-state index >= 15 is 0 Å². The summed E-state index contributed by atoms with van der Waals surface area (Å²) in [6.07, 6.45) is 1.76. The van der Waals surface area contributed by atoms with Gasteiger partial charge in [0, 0.05) is 24.2 Å². The van der Waals surface area contributed by atoms with Crippen LogP contribution in [0.15, 0.2) is 27.6 Å². The highest BCUT2D eigenvalue weighted by atomic mass is 79.9. The molecule has 112 valence electrons. The lowest BCUT2D eigenvalue weighted by Crippen LogP contribution is -2.39. The number of hydrogen-bond acceptors (Lipinski definition) is 3. The van der Waals surface area contributed by atoms with Crippen LogP contribution in [0.4, 0.5) is 0 Å². The van der Waals surface area contributed by atoms with E-state index in [9.17, 15) is 8.42 Å². The van der Waals surface area contributed by atoms with Crippen molar-refractivity contribution in [3.63, 3.8) is 0 Å². The van der Waals surface area contributed by atoms with Gasteiger partial charge in [0.05, 0.1) is 4.90 Å². The van der Waals surface area contributed by atoms with E-state index in [1.54, 1.807) is 12.1 Å². The van der Waals surface area contributed by atoms with Gasteiger partial charge in [0.15, 0.2) is 0 Å². The molecule has 0 spiro atoms. The summed E-state index contributed by atoms with van der Waals surface area (Å²) >= 11 is 3.32. The first-order valence-electron chi connectivity index (χ1n) is 6.66. The lowest BCUT2D eigenvalue weighted by atomic mass is 9.83. The van der Waals surface area contributed by atoms with Gasteiger partial charge in [-0.25, -0.2) is 13.1 Å². The minimum absolute atomic E-state index is 0.0253. The number of aryl methyl sites for hydroxylation is 1. The van der Waals surface area contributed by atoms with E-state index in [-0.39, 0.29) is 5.41 Å². The van der Waals surface area contributed by atoms with Crippen molar-refractivity contribution in [2.24, 2.45) is 5.41 Å². The van der Waals surface area contributed by atoms with Crippen LogP contribution in [0.3, 0.4) is 0 Å².